The molecule has 1 N–H and O–H groups in total. The van der Waals surface area contributed by atoms with Crippen LogP contribution >= 0.6 is 35.2 Å². The van der Waals surface area contributed by atoms with Crippen molar-refractivity contribution in [2.45, 2.75) is 6.54 Å². The Morgan fingerprint density at radius 1 is 1.62 bits per heavy atom. The highest BCUT2D eigenvalue weighted by molar-refractivity contribution is 7.80. The lowest BCUT2D eigenvalue weighted by Gasteiger charge is -2.20. The Bertz CT molecular complexity index is 343. The molecule has 3 nitrogen and oxygen atoms in total. The van der Waals surface area contributed by atoms with Gasteiger partial charge in [-0.05, 0) is 24.4 Å². The van der Waals surface area contributed by atoms with Gasteiger partial charge in [0, 0.05) is 25.6 Å². The zero-order valence-corrected chi connectivity index (χ0v) is 11.7. The summed E-state index contributed by atoms with van der Waals surface area (Å²) in [6.45, 7) is 2.15. The van der Waals surface area contributed by atoms with E-state index in [1.165, 1.54) is 4.88 Å². The molecule has 0 aliphatic carbocycles. The van der Waals surface area contributed by atoms with Crippen molar-refractivity contribution in [2.24, 2.45) is 0 Å². The maximum atomic E-state index is 5.86. The summed E-state index contributed by atoms with van der Waals surface area (Å²) in [5, 5.41) is 3.84. The Kier molecular flexibility index (Phi) is 6.05. The summed E-state index contributed by atoms with van der Waals surface area (Å²) in [5.74, 6) is 0. The molecule has 0 aromatic carbocycles. The largest absolute Gasteiger partial charge is 0.383 e. The van der Waals surface area contributed by atoms with Crippen molar-refractivity contribution in [1.82, 2.24) is 10.2 Å². The van der Waals surface area contributed by atoms with Gasteiger partial charge >= 0.3 is 0 Å². The van der Waals surface area contributed by atoms with E-state index in [2.05, 4.69) is 5.32 Å². The van der Waals surface area contributed by atoms with Crippen molar-refractivity contribution < 1.29 is 4.74 Å². The molecular formula is C10H15ClN2OS2. The van der Waals surface area contributed by atoms with Crippen LogP contribution in [0.2, 0.25) is 4.34 Å². The van der Waals surface area contributed by atoms with Crippen LogP contribution in [0.25, 0.3) is 0 Å². The number of hydrogen-bond donors (Lipinski definition) is 1. The third-order valence-electron chi connectivity index (χ3n) is 1.95. The summed E-state index contributed by atoms with van der Waals surface area (Å²) in [6.07, 6.45) is 0. The first-order valence-corrected chi connectivity index (χ1v) is 6.46. The molecule has 0 saturated carbocycles. The molecule has 1 aromatic rings. The van der Waals surface area contributed by atoms with Gasteiger partial charge in [0.25, 0.3) is 0 Å². The van der Waals surface area contributed by atoms with Gasteiger partial charge < -0.3 is 15.0 Å². The first-order valence-electron chi connectivity index (χ1n) is 4.85. The van der Waals surface area contributed by atoms with Gasteiger partial charge in [0.05, 0.1) is 17.5 Å². The number of ether oxygens (including phenoxy) is 1. The van der Waals surface area contributed by atoms with E-state index in [0.717, 1.165) is 22.5 Å². The molecule has 90 valence electrons. The molecule has 0 saturated heterocycles. The fourth-order valence-electron chi connectivity index (χ4n) is 1.14. The average molecular weight is 279 g/mol. The number of thiocarbonyl (C=S) groups is 1. The minimum atomic E-state index is 0.652. The van der Waals surface area contributed by atoms with Crippen LogP contribution in [0.1, 0.15) is 4.88 Å². The highest BCUT2D eigenvalue weighted by atomic mass is 35.5. The molecule has 0 unspecified atom stereocenters. The first-order chi connectivity index (χ1) is 7.63. The van der Waals surface area contributed by atoms with Crippen molar-refractivity contribution in [1.29, 1.82) is 0 Å². The second kappa shape index (κ2) is 7.06. The SMILES string of the molecule is COCCNC(=S)N(C)Cc1ccc(Cl)s1. The summed E-state index contributed by atoms with van der Waals surface area (Å²) in [4.78, 5) is 3.18. The molecule has 1 heterocycles. The molecule has 16 heavy (non-hydrogen) atoms. The van der Waals surface area contributed by atoms with Crippen LogP contribution in [-0.2, 0) is 11.3 Å². The Morgan fingerprint density at radius 2 is 2.38 bits per heavy atom. The van der Waals surface area contributed by atoms with Crippen LogP contribution in [0.4, 0.5) is 0 Å². The Hall–Kier alpha value is -0.360. The van der Waals surface area contributed by atoms with Crippen LogP contribution in [-0.4, -0.2) is 37.3 Å². The molecule has 1 rings (SSSR count). The zero-order chi connectivity index (χ0) is 12.0. The van der Waals surface area contributed by atoms with Crippen LogP contribution in [0.3, 0.4) is 0 Å². The van der Waals surface area contributed by atoms with Crippen LogP contribution in [0, 0.1) is 0 Å². The minimum absolute atomic E-state index is 0.652. The number of rotatable bonds is 5. The molecular weight excluding hydrogens is 264 g/mol. The van der Waals surface area contributed by atoms with E-state index in [0.29, 0.717) is 6.61 Å². The number of halogens is 1. The third kappa shape index (κ3) is 4.65. The number of methoxy groups -OCH3 is 1. The summed E-state index contributed by atoms with van der Waals surface area (Å²) in [6, 6.07) is 3.91. The molecule has 0 aliphatic heterocycles. The molecule has 0 spiro atoms. The van der Waals surface area contributed by atoms with Gasteiger partial charge in [0.1, 0.15) is 0 Å². The summed E-state index contributed by atoms with van der Waals surface area (Å²) < 4.78 is 5.74. The zero-order valence-electron chi connectivity index (χ0n) is 9.33. The maximum absolute atomic E-state index is 5.86. The van der Waals surface area contributed by atoms with Gasteiger partial charge in [-0.1, -0.05) is 11.6 Å². The van der Waals surface area contributed by atoms with Crippen LogP contribution < -0.4 is 5.32 Å². The van der Waals surface area contributed by atoms with Crippen molar-refractivity contribution in [3.05, 3.63) is 21.3 Å². The molecule has 0 radical (unpaired) electrons. The van der Waals surface area contributed by atoms with Gasteiger partial charge in [-0.3, -0.25) is 0 Å². The molecule has 0 atom stereocenters. The van der Waals surface area contributed by atoms with Crippen molar-refractivity contribution in [3.63, 3.8) is 0 Å². The lowest BCUT2D eigenvalue weighted by Crippen LogP contribution is -2.37. The van der Waals surface area contributed by atoms with Crippen molar-refractivity contribution in [2.75, 3.05) is 27.3 Å². The number of hydrogen-bond acceptors (Lipinski definition) is 3. The van der Waals surface area contributed by atoms with Gasteiger partial charge in [0.2, 0.25) is 0 Å². The third-order valence-corrected chi connectivity index (χ3v) is 3.62. The van der Waals surface area contributed by atoms with E-state index < -0.39 is 0 Å². The lowest BCUT2D eigenvalue weighted by atomic mass is 10.4. The fraction of sp³-hybridized carbons (Fsp3) is 0.500. The minimum Gasteiger partial charge on any atom is -0.383 e. The summed E-state index contributed by atoms with van der Waals surface area (Å²) in [5.41, 5.74) is 0. The van der Waals surface area contributed by atoms with E-state index in [9.17, 15) is 0 Å². The highest BCUT2D eigenvalue weighted by Crippen LogP contribution is 2.22. The second-order valence-electron chi connectivity index (χ2n) is 3.29. The van der Waals surface area contributed by atoms with Gasteiger partial charge in [-0.2, -0.15) is 0 Å². The van der Waals surface area contributed by atoms with E-state index in [-0.39, 0.29) is 0 Å². The summed E-state index contributed by atoms with van der Waals surface area (Å²) in [7, 11) is 3.62. The maximum Gasteiger partial charge on any atom is 0.169 e. The Balaban J connectivity index is 2.34. The average Bonchev–Trinajstić information content (AvgIpc) is 2.64. The van der Waals surface area contributed by atoms with E-state index >= 15 is 0 Å². The van der Waals surface area contributed by atoms with Crippen molar-refractivity contribution >= 4 is 40.3 Å². The topological polar surface area (TPSA) is 24.5 Å². The molecule has 1 aromatic heterocycles. The number of thiophene rings is 1. The second-order valence-corrected chi connectivity index (χ2v) is 5.47. The predicted molar refractivity (Wildman–Crippen MR) is 73.3 cm³/mol. The van der Waals surface area contributed by atoms with Crippen LogP contribution in [0.15, 0.2) is 12.1 Å². The Labute approximate surface area is 110 Å². The normalized spacial score (nSPS) is 10.2. The Morgan fingerprint density at radius 3 is 2.94 bits per heavy atom. The molecule has 0 amide bonds. The van der Waals surface area contributed by atoms with Gasteiger partial charge in [-0.25, -0.2) is 0 Å². The number of nitrogens with one attached hydrogen (secondary N) is 1. The smallest absolute Gasteiger partial charge is 0.169 e. The number of nitrogens with zero attached hydrogens (tertiary/aromatic N) is 1. The quantitative estimate of drug-likeness (QED) is 0.660. The first kappa shape index (κ1) is 13.7. The van der Waals surface area contributed by atoms with Gasteiger partial charge in [-0.15, -0.1) is 11.3 Å². The van der Waals surface area contributed by atoms with Gasteiger partial charge in [0.15, 0.2) is 5.11 Å². The molecule has 0 aliphatic rings. The molecule has 6 heteroatoms. The molecule has 0 fully saturated rings. The van der Waals surface area contributed by atoms with E-state index in [1.807, 2.05) is 24.1 Å². The fourth-order valence-corrected chi connectivity index (χ4v) is 2.45. The highest BCUT2D eigenvalue weighted by Gasteiger charge is 2.06. The predicted octanol–water partition coefficient (Wildman–Crippen LogP) is 2.35. The summed E-state index contributed by atoms with van der Waals surface area (Å²) >= 11 is 12.7. The van der Waals surface area contributed by atoms with E-state index in [1.54, 1.807) is 18.4 Å². The van der Waals surface area contributed by atoms with Crippen LogP contribution in [0.5, 0.6) is 0 Å². The van der Waals surface area contributed by atoms with E-state index in [4.69, 9.17) is 28.6 Å². The van der Waals surface area contributed by atoms with Crippen molar-refractivity contribution in [3.8, 4) is 0 Å². The lowest BCUT2D eigenvalue weighted by molar-refractivity contribution is 0.203. The monoisotopic (exact) mass is 278 g/mol. The molecule has 0 bridgehead atoms. The standard InChI is InChI=1S/C10H15ClN2OS2/c1-13(10(15)12-5-6-14-2)7-8-3-4-9(11)16-8/h3-4H,5-7H2,1-2H3,(H,12,15).